The molecule has 2 heteroatoms. The molecule has 2 rings (SSSR count). The molecule has 0 fully saturated rings. The van der Waals surface area contributed by atoms with Crippen LogP contribution in [0.25, 0.3) is 0 Å². The number of rotatable bonds is 4. The van der Waals surface area contributed by atoms with Gasteiger partial charge in [-0.05, 0) is 30.0 Å². The van der Waals surface area contributed by atoms with Crippen LogP contribution in [0.1, 0.15) is 32.3 Å². The predicted molar refractivity (Wildman–Crippen MR) is 71.5 cm³/mol. The molecule has 0 aromatic heterocycles. The van der Waals surface area contributed by atoms with Crippen LogP contribution in [0.3, 0.4) is 0 Å². The molecule has 1 aliphatic rings. The van der Waals surface area contributed by atoms with E-state index in [1.54, 1.807) is 0 Å². The van der Waals surface area contributed by atoms with Crippen molar-refractivity contribution in [3.8, 4) is 5.75 Å². The molecule has 0 bridgehead atoms. The zero-order valence-electron chi connectivity index (χ0n) is 11.1. The van der Waals surface area contributed by atoms with Crippen LogP contribution in [0.5, 0.6) is 5.75 Å². The van der Waals surface area contributed by atoms with Crippen molar-refractivity contribution in [3.05, 3.63) is 29.8 Å². The van der Waals surface area contributed by atoms with E-state index >= 15 is 0 Å². The van der Waals surface area contributed by atoms with Gasteiger partial charge in [-0.15, -0.1) is 0 Å². The maximum Gasteiger partial charge on any atom is 0.122 e. The third kappa shape index (κ3) is 3.01. The second-order valence-electron chi connectivity index (χ2n) is 5.48. The SMILES string of the molecule is CC(C)CNCC1c2ccccc2OCC1C. The van der Waals surface area contributed by atoms with Gasteiger partial charge in [0.2, 0.25) is 0 Å². The van der Waals surface area contributed by atoms with Crippen LogP contribution >= 0.6 is 0 Å². The molecule has 0 spiro atoms. The number of fused-ring (bicyclic) bond motifs is 1. The molecule has 1 N–H and O–H groups in total. The molecular formula is C15H23NO. The van der Waals surface area contributed by atoms with Gasteiger partial charge in [0.05, 0.1) is 6.61 Å². The monoisotopic (exact) mass is 233 g/mol. The predicted octanol–water partition coefficient (Wildman–Crippen LogP) is 3.04. The maximum atomic E-state index is 5.77. The van der Waals surface area contributed by atoms with Gasteiger partial charge in [-0.2, -0.15) is 0 Å². The van der Waals surface area contributed by atoms with Gasteiger partial charge in [-0.3, -0.25) is 0 Å². The fourth-order valence-electron chi connectivity index (χ4n) is 2.40. The first kappa shape index (κ1) is 12.4. The molecule has 0 aliphatic carbocycles. The first-order chi connectivity index (χ1) is 8.18. The van der Waals surface area contributed by atoms with E-state index < -0.39 is 0 Å². The molecule has 1 aromatic carbocycles. The van der Waals surface area contributed by atoms with Gasteiger partial charge >= 0.3 is 0 Å². The molecule has 2 atom stereocenters. The van der Waals surface area contributed by atoms with Crippen molar-refractivity contribution < 1.29 is 4.74 Å². The van der Waals surface area contributed by atoms with Crippen LogP contribution in [-0.4, -0.2) is 19.7 Å². The summed E-state index contributed by atoms with van der Waals surface area (Å²) in [4.78, 5) is 0. The van der Waals surface area contributed by atoms with E-state index in [1.165, 1.54) is 5.56 Å². The Kier molecular flexibility index (Phi) is 4.06. The lowest BCUT2D eigenvalue weighted by atomic mass is 9.85. The second-order valence-corrected chi connectivity index (χ2v) is 5.48. The van der Waals surface area contributed by atoms with Gasteiger partial charge in [0.15, 0.2) is 0 Å². The minimum atomic E-state index is 0.582. The molecule has 0 saturated heterocycles. The molecule has 17 heavy (non-hydrogen) atoms. The van der Waals surface area contributed by atoms with Crippen LogP contribution < -0.4 is 10.1 Å². The number of para-hydroxylation sites is 1. The van der Waals surface area contributed by atoms with Gasteiger partial charge in [0.1, 0.15) is 5.75 Å². The van der Waals surface area contributed by atoms with Gasteiger partial charge in [0, 0.05) is 12.5 Å². The van der Waals surface area contributed by atoms with Crippen molar-refractivity contribution in [1.29, 1.82) is 0 Å². The van der Waals surface area contributed by atoms with Crippen molar-refractivity contribution in [2.24, 2.45) is 11.8 Å². The van der Waals surface area contributed by atoms with Crippen LogP contribution in [0.2, 0.25) is 0 Å². The molecule has 1 heterocycles. The van der Waals surface area contributed by atoms with Crippen LogP contribution in [0.4, 0.5) is 0 Å². The van der Waals surface area contributed by atoms with E-state index in [4.69, 9.17) is 4.74 Å². The maximum absolute atomic E-state index is 5.77. The summed E-state index contributed by atoms with van der Waals surface area (Å²) >= 11 is 0. The first-order valence-corrected chi connectivity index (χ1v) is 6.61. The number of hydrogen-bond acceptors (Lipinski definition) is 2. The van der Waals surface area contributed by atoms with E-state index in [2.05, 4.69) is 44.3 Å². The van der Waals surface area contributed by atoms with Crippen molar-refractivity contribution in [2.75, 3.05) is 19.7 Å². The standard InChI is InChI=1S/C15H23NO/c1-11(2)8-16-9-14-12(3)10-17-15-7-5-4-6-13(14)15/h4-7,11-12,14,16H,8-10H2,1-3H3. The van der Waals surface area contributed by atoms with Gasteiger partial charge in [0.25, 0.3) is 0 Å². The number of hydrogen-bond donors (Lipinski definition) is 1. The number of benzene rings is 1. The Labute approximate surface area is 104 Å². The Morgan fingerprint density at radius 2 is 2.12 bits per heavy atom. The highest BCUT2D eigenvalue weighted by Gasteiger charge is 2.27. The van der Waals surface area contributed by atoms with Gasteiger partial charge in [-0.1, -0.05) is 39.0 Å². The van der Waals surface area contributed by atoms with E-state index in [0.717, 1.165) is 25.4 Å². The fraction of sp³-hybridized carbons (Fsp3) is 0.600. The minimum Gasteiger partial charge on any atom is -0.493 e. The lowest BCUT2D eigenvalue weighted by Gasteiger charge is -2.31. The molecule has 94 valence electrons. The summed E-state index contributed by atoms with van der Waals surface area (Å²) in [5.41, 5.74) is 1.36. The normalized spacial score (nSPS) is 23.3. The average molecular weight is 233 g/mol. The Bertz CT molecular complexity index is 362. The van der Waals surface area contributed by atoms with Crippen molar-refractivity contribution in [3.63, 3.8) is 0 Å². The number of nitrogens with one attached hydrogen (secondary N) is 1. The summed E-state index contributed by atoms with van der Waals surface area (Å²) < 4.78 is 5.77. The molecular weight excluding hydrogens is 210 g/mol. The smallest absolute Gasteiger partial charge is 0.122 e. The highest BCUT2D eigenvalue weighted by Crippen LogP contribution is 2.36. The summed E-state index contributed by atoms with van der Waals surface area (Å²) in [6.07, 6.45) is 0. The zero-order chi connectivity index (χ0) is 12.3. The summed E-state index contributed by atoms with van der Waals surface area (Å²) in [5.74, 6) is 2.95. The molecule has 1 aliphatic heterocycles. The van der Waals surface area contributed by atoms with Crippen molar-refractivity contribution >= 4 is 0 Å². The van der Waals surface area contributed by atoms with E-state index in [9.17, 15) is 0 Å². The topological polar surface area (TPSA) is 21.3 Å². The van der Waals surface area contributed by atoms with E-state index in [0.29, 0.717) is 17.8 Å². The summed E-state index contributed by atoms with van der Waals surface area (Å²) in [6, 6.07) is 8.44. The van der Waals surface area contributed by atoms with Gasteiger partial charge < -0.3 is 10.1 Å². The zero-order valence-corrected chi connectivity index (χ0v) is 11.1. The lowest BCUT2D eigenvalue weighted by Crippen LogP contribution is -2.33. The van der Waals surface area contributed by atoms with Crippen LogP contribution in [0, 0.1) is 11.8 Å². The largest absolute Gasteiger partial charge is 0.493 e. The lowest BCUT2D eigenvalue weighted by molar-refractivity contribution is 0.202. The molecule has 2 nitrogen and oxygen atoms in total. The van der Waals surface area contributed by atoms with E-state index in [1.807, 2.05) is 6.07 Å². The quantitative estimate of drug-likeness (QED) is 0.863. The summed E-state index contributed by atoms with van der Waals surface area (Å²) in [7, 11) is 0. The Morgan fingerprint density at radius 1 is 1.35 bits per heavy atom. The Balaban J connectivity index is 2.05. The fourth-order valence-corrected chi connectivity index (χ4v) is 2.40. The summed E-state index contributed by atoms with van der Waals surface area (Å²) in [6.45, 7) is 9.75. The second kappa shape index (κ2) is 5.54. The third-order valence-corrected chi connectivity index (χ3v) is 3.42. The van der Waals surface area contributed by atoms with Crippen molar-refractivity contribution in [2.45, 2.75) is 26.7 Å². The average Bonchev–Trinajstić information content (AvgIpc) is 2.32. The van der Waals surface area contributed by atoms with E-state index in [-0.39, 0.29) is 0 Å². The molecule has 0 saturated carbocycles. The molecule has 2 unspecified atom stereocenters. The Morgan fingerprint density at radius 3 is 2.88 bits per heavy atom. The van der Waals surface area contributed by atoms with Crippen LogP contribution in [0.15, 0.2) is 24.3 Å². The first-order valence-electron chi connectivity index (χ1n) is 6.61. The van der Waals surface area contributed by atoms with Gasteiger partial charge in [-0.25, -0.2) is 0 Å². The highest BCUT2D eigenvalue weighted by atomic mass is 16.5. The Hall–Kier alpha value is -1.02. The minimum absolute atomic E-state index is 0.582. The summed E-state index contributed by atoms with van der Waals surface area (Å²) in [5, 5.41) is 3.57. The van der Waals surface area contributed by atoms with Crippen LogP contribution in [-0.2, 0) is 0 Å². The highest BCUT2D eigenvalue weighted by molar-refractivity contribution is 5.38. The van der Waals surface area contributed by atoms with Crippen molar-refractivity contribution in [1.82, 2.24) is 5.32 Å². The molecule has 1 aromatic rings. The number of ether oxygens (including phenoxy) is 1. The third-order valence-electron chi connectivity index (χ3n) is 3.42. The molecule has 0 amide bonds. The molecule has 0 radical (unpaired) electrons.